The summed E-state index contributed by atoms with van der Waals surface area (Å²) in [7, 11) is 0. The fourth-order valence-corrected chi connectivity index (χ4v) is 0.874. The van der Waals surface area contributed by atoms with Crippen molar-refractivity contribution in [2.24, 2.45) is 4.99 Å². The predicted octanol–water partition coefficient (Wildman–Crippen LogP) is 0.853. The molecule has 1 aliphatic rings. The second-order valence-corrected chi connectivity index (χ2v) is 2.15. The van der Waals surface area contributed by atoms with E-state index >= 15 is 0 Å². The van der Waals surface area contributed by atoms with Crippen LogP contribution in [0.2, 0.25) is 0 Å². The van der Waals surface area contributed by atoms with Crippen LogP contribution in [-0.4, -0.2) is 17.9 Å². The molecule has 1 aliphatic heterocycles. The first-order valence-corrected chi connectivity index (χ1v) is 3.07. The molecule has 0 amide bonds. The molecule has 44 valence electrons. The quantitative estimate of drug-likeness (QED) is 0.372. The molecule has 8 heavy (non-hydrogen) atoms. The maximum absolute atomic E-state index is 5.66. The van der Waals surface area contributed by atoms with E-state index in [0.717, 1.165) is 6.42 Å². The molecule has 2 atom stereocenters. The summed E-state index contributed by atoms with van der Waals surface area (Å²) in [6.07, 6.45) is 3.44. The lowest BCUT2D eigenvalue weighted by Gasteiger charge is -2.04. The molecule has 0 aromatic carbocycles. The Morgan fingerprint density at radius 1 is 1.75 bits per heavy atom. The zero-order valence-electron chi connectivity index (χ0n) is 4.63. The highest BCUT2D eigenvalue weighted by molar-refractivity contribution is 6.21. The summed E-state index contributed by atoms with van der Waals surface area (Å²) in [6, 6.07) is 0.177. The van der Waals surface area contributed by atoms with E-state index in [-0.39, 0.29) is 11.5 Å². The van der Waals surface area contributed by atoms with Crippen LogP contribution in [0.25, 0.3) is 0 Å². The van der Waals surface area contributed by atoms with E-state index < -0.39 is 0 Å². The maximum Gasteiger partial charge on any atom is 0.189 e. The van der Waals surface area contributed by atoms with E-state index in [1.54, 1.807) is 0 Å². The van der Waals surface area contributed by atoms with Gasteiger partial charge in [-0.05, 0) is 6.42 Å². The normalized spacial score (nSPS) is 35.2. The molecular weight excluding hydrogens is 124 g/mol. The fourth-order valence-electron chi connectivity index (χ4n) is 0.596. The van der Waals surface area contributed by atoms with Crippen molar-refractivity contribution in [3.8, 4) is 0 Å². The molecule has 2 unspecified atom stereocenters. The molecule has 0 aromatic heterocycles. The van der Waals surface area contributed by atoms with Gasteiger partial charge in [0.1, 0.15) is 5.50 Å². The van der Waals surface area contributed by atoms with Gasteiger partial charge in [-0.1, -0.05) is 18.5 Å². The lowest BCUT2D eigenvalue weighted by Crippen LogP contribution is -2.19. The van der Waals surface area contributed by atoms with E-state index in [1.807, 2.05) is 6.92 Å². The third-order valence-corrected chi connectivity index (χ3v) is 1.53. The van der Waals surface area contributed by atoms with Crippen LogP contribution in [0.4, 0.5) is 0 Å². The predicted molar refractivity (Wildman–Crippen MR) is 33.3 cm³/mol. The van der Waals surface area contributed by atoms with E-state index in [2.05, 4.69) is 16.6 Å². The number of aliphatic imine (C=N–C) groups is 1. The highest BCUT2D eigenvalue weighted by atomic mass is 35.5. The van der Waals surface area contributed by atoms with Crippen LogP contribution in [0.5, 0.6) is 0 Å². The third kappa shape index (κ3) is 0.944. The van der Waals surface area contributed by atoms with Crippen molar-refractivity contribution in [3.63, 3.8) is 0 Å². The highest BCUT2D eigenvalue weighted by Gasteiger charge is 2.20. The average molecular weight is 131 g/mol. The minimum Gasteiger partial charge on any atom is -0.257 e. The minimum absolute atomic E-state index is 0.153. The molecule has 0 N–H and O–H groups in total. The summed E-state index contributed by atoms with van der Waals surface area (Å²) in [5, 5.41) is 3.74. The monoisotopic (exact) mass is 130 g/mol. The lowest BCUT2D eigenvalue weighted by atomic mass is 10.2. The summed E-state index contributed by atoms with van der Waals surface area (Å²) >= 11 is 5.66. The Balaban J connectivity index is 2.41. The molecule has 3 heteroatoms. The van der Waals surface area contributed by atoms with Crippen LogP contribution < -0.4 is 5.32 Å². The van der Waals surface area contributed by atoms with Crippen molar-refractivity contribution in [3.05, 3.63) is 0 Å². The Hall–Kier alpha value is -0.240. The van der Waals surface area contributed by atoms with Gasteiger partial charge in [-0.2, -0.15) is 0 Å². The zero-order chi connectivity index (χ0) is 5.98. The molecule has 0 spiro atoms. The van der Waals surface area contributed by atoms with Gasteiger partial charge in [-0.3, -0.25) is 4.99 Å². The average Bonchev–Trinajstić information content (AvgIpc) is 2.14. The van der Waals surface area contributed by atoms with Gasteiger partial charge in [0.15, 0.2) is 6.34 Å². The summed E-state index contributed by atoms with van der Waals surface area (Å²) in [6.45, 7) is 2.03. The molecule has 2 radical (unpaired) electrons. The van der Waals surface area contributed by atoms with Gasteiger partial charge in [0, 0.05) is 0 Å². The molecule has 1 heterocycles. The first-order chi connectivity index (χ1) is 3.84. The number of hydrogen-bond acceptors (Lipinski definition) is 1. The number of nitrogens with zero attached hydrogens (tertiary/aromatic N) is 2. The molecule has 0 saturated carbocycles. The Kier molecular flexibility index (Phi) is 1.73. The van der Waals surface area contributed by atoms with E-state index in [9.17, 15) is 0 Å². The van der Waals surface area contributed by atoms with E-state index in [4.69, 9.17) is 11.6 Å². The Labute approximate surface area is 53.9 Å². The molecule has 0 saturated heterocycles. The van der Waals surface area contributed by atoms with Gasteiger partial charge < -0.3 is 0 Å². The number of rotatable bonds is 1. The molecule has 2 nitrogen and oxygen atoms in total. The summed E-state index contributed by atoms with van der Waals surface area (Å²) < 4.78 is 0. The second-order valence-electron chi connectivity index (χ2n) is 1.71. The Morgan fingerprint density at radius 3 is 2.75 bits per heavy atom. The van der Waals surface area contributed by atoms with Gasteiger partial charge >= 0.3 is 0 Å². The highest BCUT2D eigenvalue weighted by Crippen LogP contribution is 2.11. The van der Waals surface area contributed by atoms with Gasteiger partial charge in [0.05, 0.1) is 6.04 Å². The largest absolute Gasteiger partial charge is 0.257 e. The topological polar surface area (TPSA) is 26.5 Å². The van der Waals surface area contributed by atoms with Crippen LogP contribution in [0, 0.1) is 0 Å². The smallest absolute Gasteiger partial charge is 0.189 e. The van der Waals surface area contributed by atoms with Crippen LogP contribution in [0.3, 0.4) is 0 Å². The Morgan fingerprint density at radius 2 is 2.50 bits per heavy atom. The maximum atomic E-state index is 5.66. The molecule has 0 aromatic rings. The van der Waals surface area contributed by atoms with Crippen molar-refractivity contribution in [2.75, 3.05) is 0 Å². The number of alkyl halides is 1. The molecule has 0 aliphatic carbocycles. The van der Waals surface area contributed by atoms with E-state index in [1.165, 1.54) is 0 Å². The number of hydrogen-bond donors (Lipinski definition) is 0. The first-order valence-electron chi connectivity index (χ1n) is 2.63. The second kappa shape index (κ2) is 2.35. The van der Waals surface area contributed by atoms with Crippen molar-refractivity contribution < 1.29 is 0 Å². The summed E-state index contributed by atoms with van der Waals surface area (Å²) in [5.41, 5.74) is -0.153. The van der Waals surface area contributed by atoms with Gasteiger partial charge in [0.25, 0.3) is 0 Å². The Bertz CT molecular complexity index is 103. The lowest BCUT2D eigenvalue weighted by molar-refractivity contribution is 0.627. The molecule has 0 bridgehead atoms. The van der Waals surface area contributed by atoms with Gasteiger partial charge in [0.2, 0.25) is 0 Å². The SMILES string of the molecule is CCC1N=[C][N]C1Cl. The standard InChI is InChI=1S/C5H7ClN2/c1-2-4-5(6)8-3-7-4/h4-5H,2H2,1H3. The van der Waals surface area contributed by atoms with Crippen LogP contribution >= 0.6 is 11.6 Å². The van der Waals surface area contributed by atoms with E-state index in [0.29, 0.717) is 0 Å². The number of halogens is 1. The third-order valence-electron chi connectivity index (χ3n) is 1.14. The molecule has 1 rings (SSSR count). The van der Waals surface area contributed by atoms with Gasteiger partial charge in [-0.15, -0.1) is 0 Å². The fraction of sp³-hybridized carbons (Fsp3) is 0.800. The zero-order valence-corrected chi connectivity index (χ0v) is 5.39. The molecule has 0 fully saturated rings. The van der Waals surface area contributed by atoms with Gasteiger partial charge in [-0.25, -0.2) is 5.32 Å². The van der Waals surface area contributed by atoms with Crippen molar-refractivity contribution in [2.45, 2.75) is 24.9 Å². The minimum atomic E-state index is -0.153. The van der Waals surface area contributed by atoms with Crippen molar-refractivity contribution in [1.82, 2.24) is 5.32 Å². The molecular formula is C5H7ClN2. The summed E-state index contributed by atoms with van der Waals surface area (Å²) in [5.74, 6) is 0. The first kappa shape index (κ1) is 5.89. The van der Waals surface area contributed by atoms with Crippen LogP contribution in [0.15, 0.2) is 4.99 Å². The van der Waals surface area contributed by atoms with Crippen molar-refractivity contribution in [1.29, 1.82) is 0 Å². The van der Waals surface area contributed by atoms with Crippen LogP contribution in [-0.2, 0) is 0 Å². The van der Waals surface area contributed by atoms with Crippen LogP contribution in [0.1, 0.15) is 13.3 Å². The summed E-state index contributed by atoms with van der Waals surface area (Å²) in [4.78, 5) is 3.89. The van der Waals surface area contributed by atoms with Crippen molar-refractivity contribution >= 4 is 17.9 Å².